The molecule has 1 aromatic carbocycles. The molecule has 0 radical (unpaired) electrons. The zero-order valence-electron chi connectivity index (χ0n) is 11.6. The smallest absolute Gasteiger partial charge is 0.251 e. The fourth-order valence-electron chi connectivity index (χ4n) is 2.63. The van der Waals surface area contributed by atoms with Gasteiger partial charge in [-0.05, 0) is 31.0 Å². The lowest BCUT2D eigenvalue weighted by Gasteiger charge is -2.28. The Kier molecular flexibility index (Phi) is 4.39. The van der Waals surface area contributed by atoms with Crippen LogP contribution in [0.2, 0.25) is 0 Å². The summed E-state index contributed by atoms with van der Waals surface area (Å²) in [6.07, 6.45) is 3.65. The monoisotopic (exact) mass is 276 g/mol. The molecule has 1 aliphatic carbocycles. The number of carbonyl (C=O) groups is 2. The molecular formula is C15H20N2O3. The molecule has 0 bridgehead atoms. The predicted molar refractivity (Wildman–Crippen MR) is 76.5 cm³/mol. The summed E-state index contributed by atoms with van der Waals surface area (Å²) in [6, 6.07) is 6.79. The van der Waals surface area contributed by atoms with Crippen LogP contribution in [0, 0.1) is 0 Å². The highest BCUT2D eigenvalue weighted by Gasteiger charge is 2.34. The van der Waals surface area contributed by atoms with E-state index in [0.717, 1.165) is 25.7 Å². The molecule has 0 aliphatic heterocycles. The number of hydrogen-bond donors (Lipinski definition) is 3. The largest absolute Gasteiger partial charge is 0.394 e. The van der Waals surface area contributed by atoms with Crippen LogP contribution in [0.15, 0.2) is 24.3 Å². The van der Waals surface area contributed by atoms with Crippen molar-refractivity contribution in [3.63, 3.8) is 0 Å². The molecule has 5 nitrogen and oxygen atoms in total. The number of rotatable bonds is 4. The Morgan fingerprint density at radius 2 is 2.00 bits per heavy atom. The van der Waals surface area contributed by atoms with Crippen molar-refractivity contribution in [3.8, 4) is 0 Å². The molecule has 20 heavy (non-hydrogen) atoms. The van der Waals surface area contributed by atoms with E-state index in [2.05, 4.69) is 10.6 Å². The highest BCUT2D eigenvalue weighted by atomic mass is 16.3. The van der Waals surface area contributed by atoms with E-state index in [-0.39, 0.29) is 18.4 Å². The van der Waals surface area contributed by atoms with Gasteiger partial charge in [-0.3, -0.25) is 9.59 Å². The van der Waals surface area contributed by atoms with E-state index >= 15 is 0 Å². The van der Waals surface area contributed by atoms with Gasteiger partial charge in [-0.2, -0.15) is 0 Å². The number of anilines is 1. The minimum absolute atomic E-state index is 0.0376. The number of nitrogens with one attached hydrogen (secondary N) is 2. The fourth-order valence-corrected chi connectivity index (χ4v) is 2.63. The highest BCUT2D eigenvalue weighted by molar-refractivity contribution is 5.97. The van der Waals surface area contributed by atoms with Crippen LogP contribution in [0.5, 0.6) is 0 Å². The summed E-state index contributed by atoms with van der Waals surface area (Å²) in [6.45, 7) is 1.39. The van der Waals surface area contributed by atoms with E-state index in [1.165, 1.54) is 6.92 Å². The first kappa shape index (κ1) is 14.5. The Balaban J connectivity index is 2.10. The highest BCUT2D eigenvalue weighted by Crippen LogP contribution is 2.29. The van der Waals surface area contributed by atoms with Gasteiger partial charge >= 0.3 is 0 Å². The molecule has 1 fully saturated rings. The third-order valence-electron chi connectivity index (χ3n) is 3.69. The first-order valence-electron chi connectivity index (χ1n) is 6.86. The Bertz CT molecular complexity index is 508. The number of aliphatic hydroxyl groups excluding tert-OH is 1. The molecule has 0 saturated heterocycles. The van der Waals surface area contributed by atoms with Crippen LogP contribution in [-0.2, 0) is 4.79 Å². The number of amides is 2. The summed E-state index contributed by atoms with van der Waals surface area (Å²) in [5, 5.41) is 15.1. The number of aliphatic hydroxyl groups is 1. The maximum absolute atomic E-state index is 12.3. The summed E-state index contributed by atoms with van der Waals surface area (Å²) in [5.74, 6) is -0.390. The molecular weight excluding hydrogens is 256 g/mol. The van der Waals surface area contributed by atoms with Crippen LogP contribution in [0.4, 0.5) is 5.69 Å². The Hall–Kier alpha value is -1.88. The molecule has 2 rings (SSSR count). The standard InChI is InChI=1S/C15H20N2O3/c1-11(19)16-13-6-4-5-12(9-13)14(20)17-15(10-18)7-2-3-8-15/h4-6,9,18H,2-3,7-8,10H2,1H3,(H,16,19)(H,17,20). The predicted octanol–water partition coefficient (Wildman–Crippen LogP) is 1.68. The summed E-state index contributed by atoms with van der Waals surface area (Å²) in [5.41, 5.74) is 0.590. The van der Waals surface area contributed by atoms with Crippen LogP contribution in [-0.4, -0.2) is 29.1 Å². The quantitative estimate of drug-likeness (QED) is 0.783. The molecule has 0 unspecified atom stereocenters. The van der Waals surface area contributed by atoms with Gasteiger partial charge < -0.3 is 15.7 Å². The molecule has 0 heterocycles. The topological polar surface area (TPSA) is 78.4 Å². The van der Waals surface area contributed by atoms with E-state index in [1.807, 2.05) is 0 Å². The maximum atomic E-state index is 12.3. The van der Waals surface area contributed by atoms with Crippen molar-refractivity contribution in [1.82, 2.24) is 5.32 Å². The Morgan fingerprint density at radius 1 is 1.30 bits per heavy atom. The van der Waals surface area contributed by atoms with E-state index in [4.69, 9.17) is 0 Å². The lowest BCUT2D eigenvalue weighted by molar-refractivity contribution is -0.114. The zero-order valence-corrected chi connectivity index (χ0v) is 11.6. The van der Waals surface area contributed by atoms with Crippen LogP contribution in [0.3, 0.4) is 0 Å². The van der Waals surface area contributed by atoms with Crippen molar-refractivity contribution in [3.05, 3.63) is 29.8 Å². The molecule has 5 heteroatoms. The van der Waals surface area contributed by atoms with Crippen molar-refractivity contribution < 1.29 is 14.7 Å². The number of carbonyl (C=O) groups excluding carboxylic acids is 2. The van der Waals surface area contributed by atoms with E-state index in [1.54, 1.807) is 24.3 Å². The third-order valence-corrected chi connectivity index (χ3v) is 3.69. The van der Waals surface area contributed by atoms with Gasteiger partial charge in [-0.1, -0.05) is 18.9 Å². The first-order valence-corrected chi connectivity index (χ1v) is 6.86. The van der Waals surface area contributed by atoms with Crippen LogP contribution in [0.1, 0.15) is 43.0 Å². The van der Waals surface area contributed by atoms with Crippen molar-refractivity contribution in [2.45, 2.75) is 38.1 Å². The molecule has 0 atom stereocenters. The average molecular weight is 276 g/mol. The van der Waals surface area contributed by atoms with Crippen molar-refractivity contribution in [2.24, 2.45) is 0 Å². The van der Waals surface area contributed by atoms with Crippen molar-refractivity contribution in [2.75, 3.05) is 11.9 Å². The summed E-state index contributed by atoms with van der Waals surface area (Å²) >= 11 is 0. The van der Waals surface area contributed by atoms with Gasteiger partial charge in [-0.25, -0.2) is 0 Å². The van der Waals surface area contributed by atoms with Crippen molar-refractivity contribution >= 4 is 17.5 Å². The average Bonchev–Trinajstić information content (AvgIpc) is 2.87. The SMILES string of the molecule is CC(=O)Nc1cccc(C(=O)NC2(CO)CCCC2)c1. The van der Waals surface area contributed by atoms with Gasteiger partial charge in [0.25, 0.3) is 5.91 Å². The molecule has 0 aromatic heterocycles. The van der Waals surface area contributed by atoms with Gasteiger partial charge in [-0.15, -0.1) is 0 Å². The summed E-state index contributed by atoms with van der Waals surface area (Å²) in [4.78, 5) is 23.3. The van der Waals surface area contributed by atoms with Gasteiger partial charge in [0.15, 0.2) is 0 Å². The number of benzene rings is 1. The molecule has 1 aliphatic rings. The molecule has 1 saturated carbocycles. The zero-order chi connectivity index (χ0) is 14.6. The minimum Gasteiger partial charge on any atom is -0.394 e. The van der Waals surface area contributed by atoms with Crippen molar-refractivity contribution in [1.29, 1.82) is 0 Å². The molecule has 3 N–H and O–H groups in total. The lowest BCUT2D eigenvalue weighted by atomic mass is 9.98. The molecule has 1 aromatic rings. The minimum atomic E-state index is -0.485. The maximum Gasteiger partial charge on any atom is 0.251 e. The molecule has 0 spiro atoms. The van der Waals surface area contributed by atoms with E-state index < -0.39 is 5.54 Å². The normalized spacial score (nSPS) is 16.7. The number of hydrogen-bond acceptors (Lipinski definition) is 3. The van der Waals surface area contributed by atoms with Gasteiger partial charge in [0.1, 0.15) is 0 Å². The van der Waals surface area contributed by atoms with Gasteiger partial charge in [0, 0.05) is 18.2 Å². The summed E-state index contributed by atoms with van der Waals surface area (Å²) in [7, 11) is 0. The Morgan fingerprint density at radius 3 is 2.60 bits per heavy atom. The van der Waals surface area contributed by atoms with Crippen LogP contribution in [0.25, 0.3) is 0 Å². The molecule has 108 valence electrons. The van der Waals surface area contributed by atoms with Crippen LogP contribution < -0.4 is 10.6 Å². The lowest BCUT2D eigenvalue weighted by Crippen LogP contribution is -2.49. The second kappa shape index (κ2) is 6.05. The van der Waals surface area contributed by atoms with Gasteiger partial charge in [0.2, 0.25) is 5.91 Å². The summed E-state index contributed by atoms with van der Waals surface area (Å²) < 4.78 is 0. The van der Waals surface area contributed by atoms with E-state index in [0.29, 0.717) is 11.3 Å². The Labute approximate surface area is 118 Å². The third kappa shape index (κ3) is 3.36. The van der Waals surface area contributed by atoms with Gasteiger partial charge in [0.05, 0.1) is 12.1 Å². The van der Waals surface area contributed by atoms with Crippen LogP contribution >= 0.6 is 0 Å². The second-order valence-corrected chi connectivity index (χ2v) is 5.36. The first-order chi connectivity index (χ1) is 9.54. The molecule has 2 amide bonds. The van der Waals surface area contributed by atoms with E-state index in [9.17, 15) is 14.7 Å². The second-order valence-electron chi connectivity index (χ2n) is 5.36. The fraction of sp³-hybridized carbons (Fsp3) is 0.467.